The van der Waals surface area contributed by atoms with E-state index in [-0.39, 0.29) is 28.5 Å². The van der Waals surface area contributed by atoms with Gasteiger partial charge in [-0.05, 0) is 36.8 Å². The number of allylic oxidation sites excluding steroid dienone is 1. The Morgan fingerprint density at radius 2 is 1.83 bits per heavy atom. The van der Waals surface area contributed by atoms with Crippen molar-refractivity contribution in [2.75, 3.05) is 17.7 Å². The molecule has 0 saturated heterocycles. The molecule has 0 unspecified atom stereocenters. The van der Waals surface area contributed by atoms with E-state index in [9.17, 15) is 26.7 Å². The normalized spacial score (nSPS) is 15.5. The fourth-order valence-electron chi connectivity index (χ4n) is 3.64. The number of rotatable bonds is 6. The molecular weight excluding hydrogens is 477 g/mol. The van der Waals surface area contributed by atoms with Gasteiger partial charge in [-0.3, -0.25) is 4.79 Å². The second-order valence-electron chi connectivity index (χ2n) is 7.37. The summed E-state index contributed by atoms with van der Waals surface area (Å²) in [6.07, 6.45) is -4.83. The molecule has 1 atom stereocenters. The van der Waals surface area contributed by atoms with Crippen LogP contribution in [0.25, 0.3) is 0 Å². The number of ether oxygens (including phenoxy) is 2. The van der Waals surface area contributed by atoms with E-state index in [2.05, 4.69) is 25.5 Å². The molecule has 4 rings (SSSR count). The summed E-state index contributed by atoms with van der Waals surface area (Å²) >= 11 is 0. The quantitative estimate of drug-likeness (QED) is 0.476. The molecule has 2 aromatic carbocycles. The Morgan fingerprint density at radius 1 is 1.14 bits per heavy atom. The van der Waals surface area contributed by atoms with Gasteiger partial charge in [0.05, 0.1) is 18.4 Å². The zero-order chi connectivity index (χ0) is 25.3. The van der Waals surface area contributed by atoms with Crippen molar-refractivity contribution in [1.29, 1.82) is 0 Å². The van der Waals surface area contributed by atoms with Crippen molar-refractivity contribution in [3.8, 4) is 11.5 Å². The highest BCUT2D eigenvalue weighted by molar-refractivity contribution is 6.06. The summed E-state index contributed by atoms with van der Waals surface area (Å²) < 4.78 is 75.6. The van der Waals surface area contributed by atoms with Gasteiger partial charge in [-0.1, -0.05) is 24.3 Å². The number of carbonyl (C=O) groups excluding carboxylic acids is 1. The number of hydrogen-bond acceptors (Lipinski definition) is 6. The van der Waals surface area contributed by atoms with Gasteiger partial charge in [0.15, 0.2) is 0 Å². The number of aromatic nitrogens is 3. The Kier molecular flexibility index (Phi) is 6.33. The number of halogens is 5. The lowest BCUT2D eigenvalue weighted by Crippen LogP contribution is -2.31. The van der Waals surface area contributed by atoms with E-state index in [0.29, 0.717) is 11.4 Å². The molecule has 8 nitrogen and oxygen atoms in total. The molecule has 1 aliphatic heterocycles. The highest BCUT2D eigenvalue weighted by Crippen LogP contribution is 2.39. The minimum atomic E-state index is -4.83. The lowest BCUT2D eigenvalue weighted by molar-refractivity contribution is -0.145. The largest absolute Gasteiger partial charge is 0.495 e. The van der Waals surface area contributed by atoms with Crippen LogP contribution < -0.4 is 20.1 Å². The molecule has 1 amide bonds. The van der Waals surface area contributed by atoms with Gasteiger partial charge in [-0.15, -0.1) is 5.10 Å². The summed E-state index contributed by atoms with van der Waals surface area (Å²) in [4.78, 5) is 16.9. The average Bonchev–Trinajstić information content (AvgIpc) is 3.23. The number of nitrogens with one attached hydrogen (secondary N) is 2. The van der Waals surface area contributed by atoms with E-state index in [4.69, 9.17) is 4.74 Å². The van der Waals surface area contributed by atoms with Crippen molar-refractivity contribution in [2.45, 2.75) is 25.8 Å². The average molecular weight is 495 g/mol. The first-order valence-corrected chi connectivity index (χ1v) is 10.1. The summed E-state index contributed by atoms with van der Waals surface area (Å²) in [5.41, 5.74) is 0.881. The SMILES string of the molecule is COc1ccccc1NC(=O)C1=C(C)Nc2nc(C(F)(F)F)nn2[C@@H]1c1ccc(OC(F)F)cc1. The third-order valence-corrected chi connectivity index (χ3v) is 5.13. The van der Waals surface area contributed by atoms with E-state index in [1.807, 2.05) is 0 Å². The number of methoxy groups -OCH3 is 1. The topological polar surface area (TPSA) is 90.3 Å². The number of fused-ring (bicyclic) bond motifs is 1. The summed E-state index contributed by atoms with van der Waals surface area (Å²) in [5, 5.41) is 8.97. The third kappa shape index (κ3) is 4.88. The van der Waals surface area contributed by atoms with Gasteiger partial charge in [0, 0.05) is 5.70 Å². The smallest absolute Gasteiger partial charge is 0.453 e. The van der Waals surface area contributed by atoms with E-state index < -0.39 is 30.6 Å². The van der Waals surface area contributed by atoms with Gasteiger partial charge < -0.3 is 20.1 Å². The molecule has 0 spiro atoms. The van der Waals surface area contributed by atoms with Crippen molar-refractivity contribution in [3.63, 3.8) is 0 Å². The van der Waals surface area contributed by atoms with Crippen molar-refractivity contribution in [2.24, 2.45) is 0 Å². The standard InChI is InChI=1S/C22H18F5N5O3/c1-11-16(18(33)29-14-5-3-4-6-15(14)34-2)17(12-7-9-13(10-8-12)35-20(23)24)32-21(28-11)30-19(31-32)22(25,26)27/h3-10,17,20H,1-2H3,(H,29,33)(H,28,30,31)/t17-/m1/s1. The number of para-hydroxylation sites is 2. The molecule has 0 bridgehead atoms. The monoisotopic (exact) mass is 495 g/mol. The predicted octanol–water partition coefficient (Wildman–Crippen LogP) is 4.83. The molecule has 3 aromatic rings. The van der Waals surface area contributed by atoms with E-state index in [1.165, 1.54) is 38.3 Å². The molecule has 1 aliphatic rings. The van der Waals surface area contributed by atoms with Crippen LogP contribution in [0.1, 0.15) is 24.4 Å². The second-order valence-corrected chi connectivity index (χ2v) is 7.37. The number of nitrogens with zero attached hydrogens (tertiary/aromatic N) is 3. The first kappa shape index (κ1) is 24.0. The van der Waals surface area contributed by atoms with Crippen LogP contribution in [-0.4, -0.2) is 34.4 Å². The minimum Gasteiger partial charge on any atom is -0.495 e. The summed E-state index contributed by atoms with van der Waals surface area (Å²) in [7, 11) is 1.42. The Hall–Kier alpha value is -4.16. The van der Waals surface area contributed by atoms with Crippen LogP contribution in [0.15, 0.2) is 59.8 Å². The van der Waals surface area contributed by atoms with Gasteiger partial charge in [0.1, 0.15) is 17.5 Å². The van der Waals surface area contributed by atoms with Crippen LogP contribution in [0, 0.1) is 0 Å². The Bertz CT molecular complexity index is 1270. The Balaban J connectivity index is 1.79. The number of amides is 1. The molecule has 0 radical (unpaired) electrons. The van der Waals surface area contributed by atoms with Crippen LogP contribution in [-0.2, 0) is 11.0 Å². The number of hydrogen-bond donors (Lipinski definition) is 2. The van der Waals surface area contributed by atoms with Gasteiger partial charge in [-0.25, -0.2) is 4.68 Å². The van der Waals surface area contributed by atoms with Crippen LogP contribution in [0.4, 0.5) is 33.6 Å². The molecule has 35 heavy (non-hydrogen) atoms. The predicted molar refractivity (Wildman–Crippen MR) is 114 cm³/mol. The molecule has 0 aliphatic carbocycles. The molecular formula is C22H18F5N5O3. The summed E-state index contributed by atoms with van der Waals surface area (Å²) in [5.74, 6) is -2.07. The van der Waals surface area contributed by atoms with Crippen LogP contribution in [0.3, 0.4) is 0 Å². The summed E-state index contributed by atoms with van der Waals surface area (Å²) in [6.45, 7) is -1.55. The molecule has 0 saturated carbocycles. The van der Waals surface area contributed by atoms with E-state index >= 15 is 0 Å². The maximum Gasteiger partial charge on any atom is 0.453 e. The van der Waals surface area contributed by atoms with Crippen LogP contribution in [0.5, 0.6) is 11.5 Å². The molecule has 2 N–H and O–H groups in total. The molecule has 184 valence electrons. The molecule has 13 heteroatoms. The Morgan fingerprint density at radius 3 is 2.46 bits per heavy atom. The number of benzene rings is 2. The lowest BCUT2D eigenvalue weighted by Gasteiger charge is -2.29. The Labute approximate surface area is 195 Å². The van der Waals surface area contributed by atoms with Crippen molar-refractivity contribution in [1.82, 2.24) is 14.8 Å². The van der Waals surface area contributed by atoms with Gasteiger partial charge in [0.25, 0.3) is 11.7 Å². The van der Waals surface area contributed by atoms with Crippen LogP contribution >= 0.6 is 0 Å². The molecule has 2 heterocycles. The first-order valence-electron chi connectivity index (χ1n) is 10.1. The minimum absolute atomic E-state index is 0.0320. The van der Waals surface area contributed by atoms with Gasteiger partial charge in [-0.2, -0.15) is 26.9 Å². The zero-order valence-electron chi connectivity index (χ0n) is 18.2. The highest BCUT2D eigenvalue weighted by atomic mass is 19.4. The van der Waals surface area contributed by atoms with Crippen LogP contribution in [0.2, 0.25) is 0 Å². The fraction of sp³-hybridized carbons (Fsp3) is 0.227. The maximum absolute atomic E-state index is 13.4. The summed E-state index contributed by atoms with van der Waals surface area (Å²) in [6, 6.07) is 10.6. The highest BCUT2D eigenvalue weighted by Gasteiger charge is 2.41. The second kappa shape index (κ2) is 9.24. The first-order chi connectivity index (χ1) is 16.6. The van der Waals surface area contributed by atoms with Gasteiger partial charge >= 0.3 is 12.8 Å². The number of alkyl halides is 5. The van der Waals surface area contributed by atoms with E-state index in [1.54, 1.807) is 24.3 Å². The van der Waals surface area contributed by atoms with Crippen molar-refractivity contribution >= 4 is 17.5 Å². The van der Waals surface area contributed by atoms with Gasteiger partial charge in [0.2, 0.25) is 5.95 Å². The lowest BCUT2D eigenvalue weighted by atomic mass is 9.95. The van der Waals surface area contributed by atoms with E-state index in [0.717, 1.165) is 4.68 Å². The number of carbonyl (C=O) groups is 1. The molecule has 1 aromatic heterocycles. The zero-order valence-corrected chi connectivity index (χ0v) is 18.2. The van der Waals surface area contributed by atoms with Crippen molar-refractivity contribution < 1.29 is 36.2 Å². The fourth-order valence-corrected chi connectivity index (χ4v) is 3.64. The maximum atomic E-state index is 13.4. The number of anilines is 2. The third-order valence-electron chi connectivity index (χ3n) is 5.13. The van der Waals surface area contributed by atoms with Crippen molar-refractivity contribution in [3.05, 3.63) is 71.2 Å². The molecule has 0 fully saturated rings.